The van der Waals surface area contributed by atoms with E-state index < -0.39 is 0 Å². The zero-order chi connectivity index (χ0) is 18.1. The normalized spacial score (nSPS) is 11.1. The average Bonchev–Trinajstić information content (AvgIpc) is 2.97. The number of hydrogen-bond donors (Lipinski definition) is 1. The molecule has 2 aromatic heterocycles. The molecule has 0 bridgehead atoms. The van der Waals surface area contributed by atoms with Gasteiger partial charge in [-0.25, -0.2) is 9.78 Å². The van der Waals surface area contributed by atoms with Gasteiger partial charge in [0.15, 0.2) is 0 Å². The monoisotopic (exact) mass is 346 g/mol. The third-order valence-electron chi connectivity index (χ3n) is 4.33. The van der Waals surface area contributed by atoms with Crippen molar-refractivity contribution >= 4 is 33.9 Å². The van der Waals surface area contributed by atoms with Crippen LogP contribution < -0.4 is 5.73 Å². The number of hydrogen-bond acceptors (Lipinski definition) is 5. The molecule has 4 rings (SSSR count). The number of rotatable bonds is 4. The Morgan fingerprint density at radius 3 is 2.88 bits per heavy atom. The lowest BCUT2D eigenvalue weighted by Gasteiger charge is -2.10. The molecular weight excluding hydrogens is 328 g/mol. The zero-order valence-corrected chi connectivity index (χ0v) is 14.3. The third-order valence-corrected chi connectivity index (χ3v) is 4.33. The van der Waals surface area contributed by atoms with Gasteiger partial charge < -0.3 is 15.0 Å². The summed E-state index contributed by atoms with van der Waals surface area (Å²) in [5.41, 5.74) is 10.1. The highest BCUT2D eigenvalue weighted by molar-refractivity contribution is 5.94. The number of pyridine rings is 1. The topological polar surface area (TPSA) is 83.0 Å². The van der Waals surface area contributed by atoms with Crippen molar-refractivity contribution < 1.29 is 9.53 Å². The van der Waals surface area contributed by atoms with Crippen LogP contribution in [0.3, 0.4) is 0 Å². The lowest BCUT2D eigenvalue weighted by atomic mass is 10.1. The molecule has 0 saturated heterocycles. The average molecular weight is 346 g/mol. The van der Waals surface area contributed by atoms with E-state index in [1.54, 1.807) is 31.3 Å². The quantitative estimate of drug-likeness (QED) is 0.573. The summed E-state index contributed by atoms with van der Waals surface area (Å²) in [6.07, 6.45) is 1.78. The predicted octanol–water partition coefficient (Wildman–Crippen LogP) is 3.39. The molecule has 0 unspecified atom stereocenters. The Morgan fingerprint density at radius 2 is 2.04 bits per heavy atom. The standard InChI is InChI=1S/C20H18N4O2/c1-2-26-19(25)14-8-9-16-17(11-14)24(20(21)23-16)12-15-6-3-5-13-7-4-10-22-18(13)15/h3-11H,2,12H2,1H3,(H2,21,23). The molecule has 26 heavy (non-hydrogen) atoms. The SMILES string of the molecule is CCOC(=O)c1ccc2nc(N)n(Cc3cccc4cccnc34)c2c1. The van der Waals surface area contributed by atoms with E-state index >= 15 is 0 Å². The number of aromatic nitrogens is 3. The van der Waals surface area contributed by atoms with E-state index in [-0.39, 0.29) is 5.97 Å². The van der Waals surface area contributed by atoms with Gasteiger partial charge in [-0.15, -0.1) is 0 Å². The van der Waals surface area contributed by atoms with Crippen LogP contribution in [0.1, 0.15) is 22.8 Å². The maximum Gasteiger partial charge on any atom is 0.338 e. The van der Waals surface area contributed by atoms with E-state index in [1.165, 1.54) is 0 Å². The van der Waals surface area contributed by atoms with E-state index in [0.717, 1.165) is 27.5 Å². The van der Waals surface area contributed by atoms with Crippen molar-refractivity contribution in [1.82, 2.24) is 14.5 Å². The lowest BCUT2D eigenvalue weighted by Crippen LogP contribution is -2.07. The number of benzene rings is 2. The molecular formula is C20H18N4O2. The van der Waals surface area contributed by atoms with Crippen molar-refractivity contribution in [3.8, 4) is 0 Å². The van der Waals surface area contributed by atoms with Gasteiger partial charge in [-0.3, -0.25) is 4.98 Å². The summed E-state index contributed by atoms with van der Waals surface area (Å²) in [6.45, 7) is 2.63. The fraction of sp³-hybridized carbons (Fsp3) is 0.150. The first-order chi connectivity index (χ1) is 12.7. The van der Waals surface area contributed by atoms with Crippen molar-refractivity contribution in [3.63, 3.8) is 0 Å². The molecule has 6 nitrogen and oxygen atoms in total. The molecule has 4 aromatic rings. The molecule has 0 saturated carbocycles. The Morgan fingerprint density at radius 1 is 1.19 bits per heavy atom. The molecule has 2 heterocycles. The predicted molar refractivity (Wildman–Crippen MR) is 101 cm³/mol. The molecule has 0 radical (unpaired) electrons. The molecule has 2 N–H and O–H groups in total. The summed E-state index contributed by atoms with van der Waals surface area (Å²) in [6, 6.07) is 15.3. The molecule has 0 aliphatic carbocycles. The van der Waals surface area contributed by atoms with Crippen LogP contribution in [-0.4, -0.2) is 27.1 Å². The van der Waals surface area contributed by atoms with Gasteiger partial charge in [0.2, 0.25) is 5.95 Å². The Balaban J connectivity index is 1.81. The number of fused-ring (bicyclic) bond motifs is 2. The Labute approximate surface area is 150 Å². The van der Waals surface area contributed by atoms with Crippen molar-refractivity contribution in [1.29, 1.82) is 0 Å². The largest absolute Gasteiger partial charge is 0.462 e. The minimum atomic E-state index is -0.354. The first-order valence-corrected chi connectivity index (χ1v) is 8.43. The second kappa shape index (κ2) is 6.48. The van der Waals surface area contributed by atoms with Crippen LogP contribution in [0.4, 0.5) is 5.95 Å². The summed E-state index contributed by atoms with van der Waals surface area (Å²) < 4.78 is 6.98. The van der Waals surface area contributed by atoms with Crippen molar-refractivity contribution in [3.05, 3.63) is 65.9 Å². The van der Waals surface area contributed by atoms with Gasteiger partial charge in [-0.05, 0) is 36.8 Å². The zero-order valence-electron chi connectivity index (χ0n) is 14.3. The number of imidazole rings is 1. The first-order valence-electron chi connectivity index (χ1n) is 8.43. The van der Waals surface area contributed by atoms with E-state index in [4.69, 9.17) is 10.5 Å². The number of ether oxygens (including phenoxy) is 1. The van der Waals surface area contributed by atoms with Gasteiger partial charge >= 0.3 is 5.97 Å². The highest BCUT2D eigenvalue weighted by Crippen LogP contribution is 2.24. The molecule has 0 amide bonds. The number of esters is 1. The third kappa shape index (κ3) is 2.75. The van der Waals surface area contributed by atoms with Gasteiger partial charge in [0.25, 0.3) is 0 Å². The molecule has 0 aliphatic heterocycles. The van der Waals surface area contributed by atoms with E-state index in [1.807, 2.05) is 34.9 Å². The summed E-state index contributed by atoms with van der Waals surface area (Å²) >= 11 is 0. The number of carbonyl (C=O) groups is 1. The van der Waals surface area contributed by atoms with Crippen LogP contribution in [0.15, 0.2) is 54.7 Å². The van der Waals surface area contributed by atoms with Gasteiger partial charge in [0.05, 0.1) is 35.3 Å². The molecule has 0 fully saturated rings. The van der Waals surface area contributed by atoms with Gasteiger partial charge in [0.1, 0.15) is 0 Å². The minimum absolute atomic E-state index is 0.333. The number of nitrogen functional groups attached to an aromatic ring is 1. The summed E-state index contributed by atoms with van der Waals surface area (Å²) in [5.74, 6) is 0.0430. The summed E-state index contributed by atoms with van der Waals surface area (Å²) in [7, 11) is 0. The maximum absolute atomic E-state index is 12.0. The number of nitrogens with two attached hydrogens (primary N) is 1. The van der Waals surface area contributed by atoms with Crippen LogP contribution in [0.25, 0.3) is 21.9 Å². The molecule has 6 heteroatoms. The molecule has 2 aromatic carbocycles. The second-order valence-corrected chi connectivity index (χ2v) is 5.97. The summed E-state index contributed by atoms with van der Waals surface area (Å²) in [5, 5.41) is 1.07. The van der Waals surface area contributed by atoms with Gasteiger partial charge in [-0.1, -0.05) is 24.3 Å². The van der Waals surface area contributed by atoms with Gasteiger partial charge in [0, 0.05) is 11.6 Å². The maximum atomic E-state index is 12.0. The second-order valence-electron chi connectivity index (χ2n) is 5.97. The van der Waals surface area contributed by atoms with Crippen molar-refractivity contribution in [2.45, 2.75) is 13.5 Å². The molecule has 0 atom stereocenters. The molecule has 130 valence electrons. The number of carbonyl (C=O) groups excluding carboxylic acids is 1. The van der Waals surface area contributed by atoms with Crippen LogP contribution in [0.2, 0.25) is 0 Å². The number of para-hydroxylation sites is 1. The number of anilines is 1. The fourth-order valence-electron chi connectivity index (χ4n) is 3.11. The van der Waals surface area contributed by atoms with Crippen LogP contribution in [0.5, 0.6) is 0 Å². The number of nitrogens with zero attached hydrogens (tertiary/aromatic N) is 3. The fourth-order valence-corrected chi connectivity index (χ4v) is 3.11. The van der Waals surface area contributed by atoms with Crippen molar-refractivity contribution in [2.75, 3.05) is 12.3 Å². The van der Waals surface area contributed by atoms with Crippen molar-refractivity contribution in [2.24, 2.45) is 0 Å². The lowest BCUT2D eigenvalue weighted by molar-refractivity contribution is 0.0526. The molecule has 0 spiro atoms. The van der Waals surface area contributed by atoms with E-state index in [0.29, 0.717) is 24.7 Å². The highest BCUT2D eigenvalue weighted by Gasteiger charge is 2.14. The van der Waals surface area contributed by atoms with Crippen LogP contribution in [0, 0.1) is 0 Å². The van der Waals surface area contributed by atoms with Gasteiger partial charge in [-0.2, -0.15) is 0 Å². The van der Waals surface area contributed by atoms with Crippen LogP contribution >= 0.6 is 0 Å². The van der Waals surface area contributed by atoms with E-state index in [2.05, 4.69) is 9.97 Å². The van der Waals surface area contributed by atoms with E-state index in [9.17, 15) is 4.79 Å². The smallest absolute Gasteiger partial charge is 0.338 e. The van der Waals surface area contributed by atoms with Crippen LogP contribution in [-0.2, 0) is 11.3 Å². The Hall–Kier alpha value is -3.41. The summed E-state index contributed by atoms with van der Waals surface area (Å²) in [4.78, 5) is 20.9. The highest BCUT2D eigenvalue weighted by atomic mass is 16.5. The Kier molecular flexibility index (Phi) is 4.01. The first kappa shape index (κ1) is 16.1. The molecule has 0 aliphatic rings. The Bertz CT molecular complexity index is 1110. The minimum Gasteiger partial charge on any atom is -0.462 e.